The Morgan fingerprint density at radius 3 is 0.704 bits per heavy atom. The van der Waals surface area contributed by atoms with Crippen LogP contribution in [0.4, 0.5) is 67.2 Å². The molecule has 0 atom stereocenters. The van der Waals surface area contributed by atoms with Crippen LogP contribution in [0, 0.1) is 0 Å². The number of hydrogen-bond acceptors (Lipinski definition) is 2. The zero-order valence-corrected chi connectivity index (χ0v) is 78.0. The minimum absolute atomic E-state index is 0.107. The molecule has 0 aliphatic heterocycles. The van der Waals surface area contributed by atoms with E-state index < -0.39 is 76.6 Å². The standard InChI is InChI=1S/C17H19N.C16H12Cl4.C16H14Cl2.C16H8F8.C16H13F4N.C16H14F2.C16H16/c18-12-17-11-15-6-5-13-1-3-14(4-2-13)7-9-16(17)10-8-15;17-13-9-1-2-10(14(13)18)7-8-12-4-3-11(6-5-9)15(19)16(12)20;17-15-9-11-1-2-12-4-6-14(16(18)10-12)8-7-13(15)5-3-11;17-13(18)9-1-2-10(4-3-9)14(19,20)16(23,24)12-7-5-11(6-8-12)15(13,21)22;17-15(18)9-11-3-6-13(14(21)7-11)16(19,20)8-10-1-4-12(15)5-2-10;17-16(18)11-14-5-3-12(4-6-14)1-2-13-7-9-15(16)10-8-13;1-2-14-4-3-13(1)9-10-15-5-7-16(8-6-15)12-11-14/h1-4,8,10-11H,5-7,9,12,18H2;1-4H,5-8H2;3-6,9-10H,1-2,7-8H2;1-8H;1-7H,8-9,21H2;3-10H,1-2,11H2;1-8H,9-12H2. The van der Waals surface area contributed by atoms with Gasteiger partial charge >= 0.3 is 23.7 Å². The third-order valence-electron chi connectivity index (χ3n) is 26.0. The maximum absolute atomic E-state index is 14.3. The second-order valence-corrected chi connectivity index (χ2v) is 37.7. The molecule has 28 aliphatic rings. The summed E-state index contributed by atoms with van der Waals surface area (Å²) in [4.78, 5) is 0. The van der Waals surface area contributed by atoms with Gasteiger partial charge in [0.1, 0.15) is 0 Å². The molecule has 0 saturated carbocycles. The molecule has 4 N–H and O–H groups in total. The number of anilines is 1. The summed E-state index contributed by atoms with van der Waals surface area (Å²) in [5, 5.41) is 4.45. The van der Waals surface area contributed by atoms with Crippen LogP contribution in [-0.2, 0) is 183 Å². The number of aryl methyl sites for hydroxylation is 18. The first-order chi connectivity index (χ1) is 64.4. The summed E-state index contributed by atoms with van der Waals surface area (Å²) in [6, 6.07) is 80.8. The lowest BCUT2D eigenvalue weighted by Gasteiger charge is -2.31. The SMILES string of the molecule is Clc1c2ccc(c1Cl)CCc1ccc(c(Cl)c1Cl)CC2.Clc1cc2ccc1CCc1ccc(cc1Cl)CC2.FC1(F)Cc2ccc(cc2)CCc2ccc1cc2.FC1(F)c2ccc(cc2)C(F)(F)C(F)(F)c2ccc(cc2)C1(F)F.NCc1cc2ccc1CCc1ccc(cc1)CC2.Nc1cc2ccc1C(F)(F)Cc1ccc(cc1)C(F)(F)C2.c1cc2ccc1CCc1ccc(cc1)CC2. The number of halogens is 20. The molecule has 28 aliphatic carbocycles. The first-order valence-electron chi connectivity index (χ1n) is 44.9. The maximum atomic E-state index is 14.3. The molecule has 135 heavy (non-hydrogen) atoms. The minimum atomic E-state index is -4.70. The van der Waals surface area contributed by atoms with E-state index in [0.29, 0.717) is 86.3 Å². The average molecular weight is 1960 g/mol. The molecule has 0 amide bonds. The molecule has 698 valence electrons. The molecule has 0 fully saturated rings. The van der Waals surface area contributed by atoms with Gasteiger partial charge in [-0.25, -0.2) is 26.3 Å². The smallest absolute Gasteiger partial charge is 0.339 e. The first kappa shape index (κ1) is 99.1. The highest BCUT2D eigenvalue weighted by molar-refractivity contribution is 6.43. The number of alkyl halides is 14. The molecule has 2 nitrogen and oxygen atoms in total. The molecular formula is C113H96Cl6F14N2. The number of rotatable bonds is 1. The number of nitrogen functional groups attached to an aromatic ring is 1. The highest BCUT2D eigenvalue weighted by Gasteiger charge is 2.62. The molecule has 22 heteroatoms. The summed E-state index contributed by atoms with van der Waals surface area (Å²) >= 11 is 38.1. The lowest BCUT2D eigenvalue weighted by atomic mass is 9.89. The Labute approximate surface area is 808 Å². The fraction of sp³-hybridized carbons (Fsp3) is 0.257. The van der Waals surface area contributed by atoms with Crippen molar-refractivity contribution in [2.75, 3.05) is 5.73 Å². The Hall–Kier alpha value is -10.4. The second kappa shape index (κ2) is 42.3. The van der Waals surface area contributed by atoms with E-state index in [2.05, 4.69) is 152 Å². The van der Waals surface area contributed by atoms with Gasteiger partial charge in [-0.15, -0.1) is 0 Å². The van der Waals surface area contributed by atoms with Crippen LogP contribution >= 0.6 is 69.6 Å². The quantitative estimate of drug-likeness (QED) is 0.127. The van der Waals surface area contributed by atoms with Gasteiger partial charge in [-0.2, -0.15) is 35.1 Å². The van der Waals surface area contributed by atoms with Crippen molar-refractivity contribution in [3.8, 4) is 0 Å². The molecule has 0 spiro atoms. The zero-order valence-electron chi connectivity index (χ0n) is 73.5. The molecule has 0 aromatic heterocycles. The maximum Gasteiger partial charge on any atom is 0.339 e. The summed E-state index contributed by atoms with van der Waals surface area (Å²) in [7, 11) is 0. The van der Waals surface area contributed by atoms with Gasteiger partial charge in [0.25, 0.3) is 17.8 Å². The fourth-order valence-corrected chi connectivity index (χ4v) is 19.3. The van der Waals surface area contributed by atoms with Gasteiger partial charge in [-0.05, 0) is 256 Å². The number of benzene rings is 14. The van der Waals surface area contributed by atoms with E-state index in [0.717, 1.165) is 160 Å². The second-order valence-electron chi connectivity index (χ2n) is 35.4. The van der Waals surface area contributed by atoms with E-state index in [1.165, 1.54) is 114 Å². The van der Waals surface area contributed by atoms with Crippen molar-refractivity contribution < 1.29 is 61.5 Å². The Morgan fingerprint density at radius 1 is 0.200 bits per heavy atom. The normalized spacial score (nSPS) is 16.9. The van der Waals surface area contributed by atoms with E-state index in [1.807, 2.05) is 36.4 Å². The fourth-order valence-electron chi connectivity index (χ4n) is 17.6. The topological polar surface area (TPSA) is 52.0 Å². The van der Waals surface area contributed by atoms with Gasteiger partial charge in [-0.3, -0.25) is 0 Å². The van der Waals surface area contributed by atoms with Gasteiger partial charge in [0.15, 0.2) is 0 Å². The molecule has 14 aromatic rings. The molecule has 42 rings (SSSR count). The summed E-state index contributed by atoms with van der Waals surface area (Å²) in [6.07, 6.45) is 16.6. The van der Waals surface area contributed by atoms with E-state index >= 15 is 0 Å². The van der Waals surface area contributed by atoms with Crippen LogP contribution in [0.15, 0.2) is 291 Å². The average Bonchev–Trinajstić information content (AvgIpc) is 0.734. The van der Waals surface area contributed by atoms with Crippen molar-refractivity contribution in [2.45, 2.75) is 183 Å². The van der Waals surface area contributed by atoms with Crippen molar-refractivity contribution in [1.82, 2.24) is 0 Å². The van der Waals surface area contributed by atoms with Crippen molar-refractivity contribution in [1.29, 1.82) is 0 Å². The Kier molecular flexibility index (Phi) is 31.0. The Morgan fingerprint density at radius 2 is 0.407 bits per heavy atom. The molecule has 0 saturated heterocycles. The molecule has 0 heterocycles. The van der Waals surface area contributed by atoms with Crippen LogP contribution in [0.3, 0.4) is 0 Å². The monoisotopic (exact) mass is 1960 g/mol. The van der Waals surface area contributed by atoms with E-state index in [4.69, 9.17) is 81.1 Å². The highest BCUT2D eigenvalue weighted by atomic mass is 35.5. The summed E-state index contributed by atoms with van der Waals surface area (Å²) < 4.78 is 198. The van der Waals surface area contributed by atoms with E-state index in [9.17, 15) is 61.5 Å². The van der Waals surface area contributed by atoms with Gasteiger partial charge in [0, 0.05) is 80.5 Å². The molecule has 14 aromatic carbocycles. The van der Waals surface area contributed by atoms with Gasteiger partial charge in [0.05, 0.1) is 20.1 Å². The zero-order chi connectivity index (χ0) is 95.8. The van der Waals surface area contributed by atoms with Crippen LogP contribution in [-0.4, -0.2) is 0 Å². The number of nitrogens with two attached hydrogens (primary N) is 2. The highest BCUT2D eigenvalue weighted by Crippen LogP contribution is 2.55. The van der Waals surface area contributed by atoms with Crippen LogP contribution in [0.25, 0.3) is 0 Å². The van der Waals surface area contributed by atoms with Crippen LogP contribution in [0.1, 0.15) is 161 Å². The minimum Gasteiger partial charge on any atom is -0.398 e. The van der Waals surface area contributed by atoms with Crippen molar-refractivity contribution in [2.24, 2.45) is 5.73 Å². The molecular weight excluding hydrogens is 1860 g/mol. The molecule has 28 bridgehead atoms. The van der Waals surface area contributed by atoms with E-state index in [1.54, 1.807) is 12.1 Å². The van der Waals surface area contributed by atoms with Gasteiger partial charge in [0.2, 0.25) is 0 Å². The van der Waals surface area contributed by atoms with Crippen LogP contribution < -0.4 is 11.5 Å². The predicted octanol–water partition coefficient (Wildman–Crippen LogP) is 31.8. The summed E-state index contributed by atoms with van der Waals surface area (Å²) in [5.74, 6) is -27.8. The summed E-state index contributed by atoms with van der Waals surface area (Å²) in [6.45, 7) is 0.654. The lowest BCUT2D eigenvalue weighted by Crippen LogP contribution is -2.38. The molecule has 0 radical (unpaired) electrons. The van der Waals surface area contributed by atoms with Crippen molar-refractivity contribution in [3.63, 3.8) is 0 Å². The Balaban J connectivity index is 0.000000120. The van der Waals surface area contributed by atoms with Gasteiger partial charge < -0.3 is 11.5 Å². The number of hydrogen-bond donors (Lipinski definition) is 2. The summed E-state index contributed by atoms with van der Waals surface area (Å²) in [5.41, 5.74) is 31.5. The first-order valence-corrected chi connectivity index (χ1v) is 47.2. The van der Waals surface area contributed by atoms with Crippen molar-refractivity contribution in [3.05, 3.63) is 483 Å². The third-order valence-corrected chi connectivity index (χ3v) is 28.7. The van der Waals surface area contributed by atoms with Gasteiger partial charge in [-0.1, -0.05) is 343 Å². The van der Waals surface area contributed by atoms with Crippen LogP contribution in [0.5, 0.6) is 0 Å². The van der Waals surface area contributed by atoms with E-state index in [-0.39, 0.29) is 34.4 Å². The molecule has 0 unspecified atom stereocenters. The van der Waals surface area contributed by atoms with Crippen molar-refractivity contribution >= 4 is 75.3 Å². The lowest BCUT2D eigenvalue weighted by molar-refractivity contribution is -0.227. The predicted molar refractivity (Wildman–Crippen MR) is 518 cm³/mol. The van der Waals surface area contributed by atoms with Crippen LogP contribution in [0.2, 0.25) is 30.1 Å². The third kappa shape index (κ3) is 23.7. The largest absolute Gasteiger partial charge is 0.398 e. The Bertz CT molecular complexity index is 6070.